The highest BCUT2D eigenvalue weighted by molar-refractivity contribution is 7.98. The van der Waals surface area contributed by atoms with Crippen LogP contribution in [0.5, 0.6) is 11.5 Å². The van der Waals surface area contributed by atoms with Gasteiger partial charge < -0.3 is 9.47 Å². The third kappa shape index (κ3) is 2.99. The van der Waals surface area contributed by atoms with Gasteiger partial charge >= 0.3 is 0 Å². The maximum Gasteiger partial charge on any atom is 0.132 e. The molecule has 2 rings (SSSR count). The van der Waals surface area contributed by atoms with Gasteiger partial charge in [-0.1, -0.05) is 30.3 Å². The molecule has 0 atom stereocenters. The Morgan fingerprint density at radius 1 is 0.833 bits per heavy atom. The monoisotopic (exact) mass is 260 g/mol. The van der Waals surface area contributed by atoms with Crippen LogP contribution in [-0.2, 0) is 5.75 Å². The van der Waals surface area contributed by atoms with E-state index in [1.54, 1.807) is 26.0 Å². The summed E-state index contributed by atoms with van der Waals surface area (Å²) in [5, 5.41) is 0. The molecule has 0 saturated carbocycles. The molecule has 0 spiro atoms. The van der Waals surface area contributed by atoms with Gasteiger partial charge in [-0.2, -0.15) is 0 Å². The minimum Gasteiger partial charge on any atom is -0.496 e. The van der Waals surface area contributed by atoms with Gasteiger partial charge in [-0.15, -0.1) is 11.8 Å². The highest BCUT2D eigenvalue weighted by Gasteiger charge is 2.05. The minimum atomic E-state index is 0.865. The summed E-state index contributed by atoms with van der Waals surface area (Å²) in [5.41, 5.74) is 1.19. The van der Waals surface area contributed by atoms with Gasteiger partial charge in [0.2, 0.25) is 0 Å². The van der Waals surface area contributed by atoms with E-state index in [0.29, 0.717) is 0 Å². The summed E-state index contributed by atoms with van der Waals surface area (Å²) in [7, 11) is 3.40. The van der Waals surface area contributed by atoms with Gasteiger partial charge in [-0.05, 0) is 18.2 Å². The van der Waals surface area contributed by atoms with Crippen molar-refractivity contribution >= 4 is 11.8 Å². The Morgan fingerprint density at radius 2 is 1.44 bits per heavy atom. The molecule has 0 saturated heterocycles. The van der Waals surface area contributed by atoms with Crippen LogP contribution in [-0.4, -0.2) is 14.2 Å². The summed E-state index contributed by atoms with van der Waals surface area (Å²) in [4.78, 5) is 1.14. The summed E-state index contributed by atoms with van der Waals surface area (Å²) in [6.45, 7) is 0. The summed E-state index contributed by atoms with van der Waals surface area (Å²) < 4.78 is 10.7. The molecule has 0 aliphatic carbocycles. The number of rotatable bonds is 5. The van der Waals surface area contributed by atoms with Crippen LogP contribution >= 0.6 is 11.8 Å². The molecule has 18 heavy (non-hydrogen) atoms. The number of hydrogen-bond donors (Lipinski definition) is 0. The van der Waals surface area contributed by atoms with Gasteiger partial charge in [0, 0.05) is 16.2 Å². The molecule has 0 bridgehead atoms. The van der Waals surface area contributed by atoms with Crippen LogP contribution in [0.25, 0.3) is 0 Å². The van der Waals surface area contributed by atoms with Crippen molar-refractivity contribution in [2.75, 3.05) is 14.2 Å². The number of para-hydroxylation sites is 2. The first-order chi connectivity index (χ1) is 8.85. The lowest BCUT2D eigenvalue weighted by Gasteiger charge is -2.10. The first-order valence-corrected chi connectivity index (χ1v) is 6.71. The van der Waals surface area contributed by atoms with Crippen molar-refractivity contribution in [2.45, 2.75) is 10.6 Å². The van der Waals surface area contributed by atoms with Crippen LogP contribution in [0.4, 0.5) is 0 Å². The molecule has 0 aliphatic heterocycles. The van der Waals surface area contributed by atoms with Crippen LogP contribution in [0, 0.1) is 0 Å². The Kier molecular flexibility index (Phi) is 4.53. The highest BCUT2D eigenvalue weighted by Crippen LogP contribution is 2.33. The summed E-state index contributed by atoms with van der Waals surface area (Å²) in [6, 6.07) is 16.1. The number of thioether (sulfide) groups is 1. The molecule has 94 valence electrons. The fourth-order valence-corrected chi connectivity index (χ4v) is 2.73. The smallest absolute Gasteiger partial charge is 0.132 e. The fourth-order valence-electron chi connectivity index (χ4n) is 1.72. The molecular formula is C15H16O2S. The second-order valence-corrected chi connectivity index (χ2v) is 4.77. The molecular weight excluding hydrogens is 244 g/mol. The Balaban J connectivity index is 2.11. The molecule has 0 aromatic heterocycles. The van der Waals surface area contributed by atoms with Crippen molar-refractivity contribution in [3.63, 3.8) is 0 Å². The van der Waals surface area contributed by atoms with Crippen molar-refractivity contribution in [1.82, 2.24) is 0 Å². The molecule has 0 unspecified atom stereocenters. The third-order valence-electron chi connectivity index (χ3n) is 2.64. The zero-order valence-corrected chi connectivity index (χ0v) is 11.4. The van der Waals surface area contributed by atoms with Crippen LogP contribution in [0.15, 0.2) is 53.4 Å². The number of methoxy groups -OCH3 is 2. The molecule has 3 heteroatoms. The average Bonchev–Trinajstić information content (AvgIpc) is 2.45. The molecule has 2 aromatic rings. The average molecular weight is 260 g/mol. The lowest BCUT2D eigenvalue weighted by Crippen LogP contribution is -1.90. The number of ether oxygens (including phenoxy) is 2. The standard InChI is InChI=1S/C15H16O2S/c1-16-13-8-4-3-7-12(13)11-18-15-10-6-5-9-14(15)17-2/h3-10H,11H2,1-2H3. The van der Waals surface area contributed by atoms with Gasteiger partial charge in [-0.25, -0.2) is 0 Å². The maximum atomic E-state index is 5.35. The normalized spacial score (nSPS) is 10.1. The van der Waals surface area contributed by atoms with Gasteiger partial charge in [-0.3, -0.25) is 0 Å². The predicted molar refractivity (Wildman–Crippen MR) is 75.5 cm³/mol. The van der Waals surface area contributed by atoms with Crippen molar-refractivity contribution in [3.8, 4) is 11.5 Å². The fraction of sp³-hybridized carbons (Fsp3) is 0.200. The quantitative estimate of drug-likeness (QED) is 0.757. The van der Waals surface area contributed by atoms with Gasteiger partial charge in [0.15, 0.2) is 0 Å². The van der Waals surface area contributed by atoms with E-state index in [0.717, 1.165) is 22.1 Å². The zero-order chi connectivity index (χ0) is 12.8. The van der Waals surface area contributed by atoms with E-state index in [1.165, 1.54) is 5.56 Å². The van der Waals surface area contributed by atoms with E-state index in [2.05, 4.69) is 12.1 Å². The van der Waals surface area contributed by atoms with Crippen molar-refractivity contribution in [2.24, 2.45) is 0 Å². The molecule has 0 aliphatic rings. The van der Waals surface area contributed by atoms with E-state index >= 15 is 0 Å². The van der Waals surface area contributed by atoms with Crippen LogP contribution in [0.2, 0.25) is 0 Å². The van der Waals surface area contributed by atoms with Gasteiger partial charge in [0.1, 0.15) is 11.5 Å². The van der Waals surface area contributed by atoms with Gasteiger partial charge in [0.25, 0.3) is 0 Å². The first-order valence-electron chi connectivity index (χ1n) is 5.73. The van der Waals surface area contributed by atoms with E-state index in [9.17, 15) is 0 Å². The topological polar surface area (TPSA) is 18.5 Å². The van der Waals surface area contributed by atoms with Crippen molar-refractivity contribution < 1.29 is 9.47 Å². The van der Waals surface area contributed by atoms with Crippen LogP contribution in [0.1, 0.15) is 5.56 Å². The van der Waals surface area contributed by atoms with E-state index in [-0.39, 0.29) is 0 Å². The summed E-state index contributed by atoms with van der Waals surface area (Å²) in [6.07, 6.45) is 0. The number of hydrogen-bond acceptors (Lipinski definition) is 3. The molecule has 2 aromatic carbocycles. The maximum absolute atomic E-state index is 5.35. The minimum absolute atomic E-state index is 0.865. The lowest BCUT2D eigenvalue weighted by atomic mass is 10.2. The predicted octanol–water partition coefficient (Wildman–Crippen LogP) is 4.00. The SMILES string of the molecule is COc1ccccc1CSc1ccccc1OC. The van der Waals surface area contributed by atoms with E-state index < -0.39 is 0 Å². The van der Waals surface area contributed by atoms with E-state index in [1.807, 2.05) is 36.4 Å². The molecule has 0 fully saturated rings. The molecule has 0 radical (unpaired) electrons. The Labute approximate surface area is 112 Å². The zero-order valence-electron chi connectivity index (χ0n) is 10.6. The third-order valence-corrected chi connectivity index (χ3v) is 3.75. The Bertz CT molecular complexity index is 464. The summed E-state index contributed by atoms with van der Waals surface area (Å²) in [5.74, 6) is 2.71. The second kappa shape index (κ2) is 6.36. The van der Waals surface area contributed by atoms with Gasteiger partial charge in [0.05, 0.1) is 14.2 Å². The van der Waals surface area contributed by atoms with E-state index in [4.69, 9.17) is 9.47 Å². The summed E-state index contributed by atoms with van der Waals surface area (Å²) >= 11 is 1.75. The van der Waals surface area contributed by atoms with Crippen LogP contribution < -0.4 is 9.47 Å². The Morgan fingerprint density at radius 3 is 2.17 bits per heavy atom. The second-order valence-electron chi connectivity index (χ2n) is 3.75. The molecule has 0 amide bonds. The van der Waals surface area contributed by atoms with Crippen LogP contribution in [0.3, 0.4) is 0 Å². The Hall–Kier alpha value is -1.61. The van der Waals surface area contributed by atoms with Crippen molar-refractivity contribution in [1.29, 1.82) is 0 Å². The molecule has 2 nitrogen and oxygen atoms in total. The number of benzene rings is 2. The highest BCUT2D eigenvalue weighted by atomic mass is 32.2. The molecule has 0 N–H and O–H groups in total. The van der Waals surface area contributed by atoms with Crippen molar-refractivity contribution in [3.05, 3.63) is 54.1 Å². The first kappa shape index (κ1) is 12.8. The molecule has 0 heterocycles. The largest absolute Gasteiger partial charge is 0.496 e. The lowest BCUT2D eigenvalue weighted by molar-refractivity contribution is 0.404.